The maximum atomic E-state index is 12.6. The third-order valence-corrected chi connectivity index (χ3v) is 4.70. The SMILES string of the molecule is Cc1cccc(NC(=O)[C@H](C)N2C[C@@H](C)[C@H]2c2ccccc2)c1. The second-order valence-electron chi connectivity index (χ2n) is 6.56. The molecular weight excluding hydrogens is 284 g/mol. The summed E-state index contributed by atoms with van der Waals surface area (Å²) in [4.78, 5) is 14.9. The normalized spacial score (nSPS) is 22.2. The molecule has 0 radical (unpaired) electrons. The highest BCUT2D eigenvalue weighted by molar-refractivity contribution is 5.94. The lowest BCUT2D eigenvalue weighted by Crippen LogP contribution is -2.56. The van der Waals surface area contributed by atoms with Crippen LogP contribution in [0.4, 0.5) is 5.69 Å². The van der Waals surface area contributed by atoms with Gasteiger partial charge in [0.05, 0.1) is 6.04 Å². The molecule has 0 bridgehead atoms. The van der Waals surface area contributed by atoms with Gasteiger partial charge in [0.15, 0.2) is 0 Å². The number of nitrogens with one attached hydrogen (secondary N) is 1. The van der Waals surface area contributed by atoms with E-state index in [-0.39, 0.29) is 11.9 Å². The van der Waals surface area contributed by atoms with E-state index in [0.29, 0.717) is 12.0 Å². The van der Waals surface area contributed by atoms with Crippen LogP contribution in [0.5, 0.6) is 0 Å². The van der Waals surface area contributed by atoms with Gasteiger partial charge in [0.25, 0.3) is 0 Å². The summed E-state index contributed by atoms with van der Waals surface area (Å²) >= 11 is 0. The second kappa shape index (κ2) is 6.55. The Bertz CT molecular complexity index is 683. The number of likely N-dealkylation sites (tertiary alicyclic amines) is 1. The summed E-state index contributed by atoms with van der Waals surface area (Å²) in [6.45, 7) is 7.23. The first kappa shape index (κ1) is 15.8. The van der Waals surface area contributed by atoms with Crippen molar-refractivity contribution in [3.8, 4) is 0 Å². The molecule has 0 saturated carbocycles. The Morgan fingerprint density at radius 2 is 1.91 bits per heavy atom. The first-order valence-corrected chi connectivity index (χ1v) is 8.24. The summed E-state index contributed by atoms with van der Waals surface area (Å²) in [6.07, 6.45) is 0. The zero-order valence-corrected chi connectivity index (χ0v) is 14.0. The number of carbonyl (C=O) groups excluding carboxylic acids is 1. The molecule has 1 heterocycles. The Kier molecular flexibility index (Phi) is 4.49. The van der Waals surface area contributed by atoms with Crippen molar-refractivity contribution in [3.63, 3.8) is 0 Å². The van der Waals surface area contributed by atoms with Crippen LogP contribution in [-0.2, 0) is 4.79 Å². The average Bonchev–Trinajstić information content (AvgIpc) is 2.53. The quantitative estimate of drug-likeness (QED) is 0.925. The number of hydrogen-bond donors (Lipinski definition) is 1. The van der Waals surface area contributed by atoms with Gasteiger partial charge in [-0.1, -0.05) is 49.4 Å². The zero-order chi connectivity index (χ0) is 16.4. The lowest BCUT2D eigenvalue weighted by atomic mass is 9.83. The molecule has 3 heteroatoms. The topological polar surface area (TPSA) is 32.3 Å². The number of carbonyl (C=O) groups is 1. The van der Waals surface area contributed by atoms with Crippen molar-refractivity contribution in [2.24, 2.45) is 5.92 Å². The minimum Gasteiger partial charge on any atom is -0.325 e. The minimum absolute atomic E-state index is 0.0587. The molecule has 1 N–H and O–H groups in total. The molecule has 120 valence electrons. The maximum absolute atomic E-state index is 12.6. The highest BCUT2D eigenvalue weighted by Crippen LogP contribution is 2.40. The second-order valence-corrected chi connectivity index (χ2v) is 6.56. The van der Waals surface area contributed by atoms with Crippen LogP contribution in [-0.4, -0.2) is 23.4 Å². The molecule has 0 unspecified atom stereocenters. The molecule has 1 saturated heterocycles. The molecule has 0 aliphatic carbocycles. The first-order valence-electron chi connectivity index (χ1n) is 8.24. The number of anilines is 1. The summed E-state index contributed by atoms with van der Waals surface area (Å²) in [5, 5.41) is 3.04. The fraction of sp³-hybridized carbons (Fsp3) is 0.350. The molecule has 1 aliphatic heterocycles. The van der Waals surface area contributed by atoms with Crippen LogP contribution in [0.1, 0.15) is 31.0 Å². The third-order valence-electron chi connectivity index (χ3n) is 4.70. The van der Waals surface area contributed by atoms with Gasteiger partial charge >= 0.3 is 0 Å². The van der Waals surface area contributed by atoms with Crippen molar-refractivity contribution in [1.82, 2.24) is 4.90 Å². The summed E-state index contributed by atoms with van der Waals surface area (Å²) in [6, 6.07) is 18.6. The van der Waals surface area contributed by atoms with Crippen molar-refractivity contribution >= 4 is 11.6 Å². The number of amides is 1. The van der Waals surface area contributed by atoms with E-state index in [1.165, 1.54) is 5.56 Å². The van der Waals surface area contributed by atoms with Gasteiger partial charge in [0.1, 0.15) is 0 Å². The maximum Gasteiger partial charge on any atom is 0.241 e. The predicted molar refractivity (Wildman–Crippen MR) is 94.3 cm³/mol. The van der Waals surface area contributed by atoms with Crippen LogP contribution in [0, 0.1) is 12.8 Å². The molecule has 0 aromatic heterocycles. The van der Waals surface area contributed by atoms with Gasteiger partial charge in [-0.05, 0) is 43.0 Å². The van der Waals surface area contributed by atoms with Crippen molar-refractivity contribution in [2.45, 2.75) is 32.9 Å². The Morgan fingerprint density at radius 3 is 2.57 bits per heavy atom. The fourth-order valence-corrected chi connectivity index (χ4v) is 3.42. The number of rotatable bonds is 4. The first-order chi connectivity index (χ1) is 11.1. The summed E-state index contributed by atoms with van der Waals surface area (Å²) in [5.74, 6) is 0.634. The van der Waals surface area contributed by atoms with E-state index >= 15 is 0 Å². The highest BCUT2D eigenvalue weighted by Gasteiger charge is 2.41. The standard InChI is InChI=1S/C20H24N2O/c1-14-8-7-11-18(12-14)21-20(23)16(3)22-13-15(2)19(22)17-9-5-4-6-10-17/h4-12,15-16,19H,13H2,1-3H3,(H,21,23)/t15-,16+,19+/m1/s1. The van der Waals surface area contributed by atoms with E-state index in [0.717, 1.165) is 17.8 Å². The van der Waals surface area contributed by atoms with Gasteiger partial charge < -0.3 is 5.32 Å². The minimum atomic E-state index is -0.142. The summed E-state index contributed by atoms with van der Waals surface area (Å²) in [5.41, 5.74) is 3.31. The van der Waals surface area contributed by atoms with Gasteiger partial charge in [0, 0.05) is 18.3 Å². The number of nitrogens with zero attached hydrogens (tertiary/aromatic N) is 1. The molecule has 3 atom stereocenters. The number of aryl methyl sites for hydroxylation is 1. The van der Waals surface area contributed by atoms with Gasteiger partial charge in [0.2, 0.25) is 5.91 Å². The van der Waals surface area contributed by atoms with E-state index in [2.05, 4.69) is 41.4 Å². The van der Waals surface area contributed by atoms with E-state index < -0.39 is 0 Å². The Hall–Kier alpha value is -2.13. The van der Waals surface area contributed by atoms with E-state index in [9.17, 15) is 4.79 Å². The number of hydrogen-bond acceptors (Lipinski definition) is 2. The zero-order valence-electron chi connectivity index (χ0n) is 14.0. The van der Waals surface area contributed by atoms with Crippen LogP contribution >= 0.6 is 0 Å². The molecule has 23 heavy (non-hydrogen) atoms. The van der Waals surface area contributed by atoms with Crippen LogP contribution in [0.2, 0.25) is 0 Å². The summed E-state index contributed by atoms with van der Waals surface area (Å²) < 4.78 is 0. The number of benzene rings is 2. The molecule has 0 spiro atoms. The Balaban J connectivity index is 1.70. The van der Waals surface area contributed by atoms with E-state index in [1.807, 2.05) is 44.2 Å². The third kappa shape index (κ3) is 3.30. The summed E-state index contributed by atoms with van der Waals surface area (Å²) in [7, 11) is 0. The molecule has 1 amide bonds. The lowest BCUT2D eigenvalue weighted by Gasteiger charge is -2.49. The Morgan fingerprint density at radius 1 is 1.17 bits per heavy atom. The van der Waals surface area contributed by atoms with Crippen LogP contribution in [0.25, 0.3) is 0 Å². The van der Waals surface area contributed by atoms with Gasteiger partial charge in [-0.25, -0.2) is 0 Å². The Labute approximate surface area is 138 Å². The van der Waals surface area contributed by atoms with Gasteiger partial charge in [-0.3, -0.25) is 9.69 Å². The smallest absolute Gasteiger partial charge is 0.241 e. The monoisotopic (exact) mass is 308 g/mol. The van der Waals surface area contributed by atoms with Crippen LogP contribution in [0.15, 0.2) is 54.6 Å². The fourth-order valence-electron chi connectivity index (χ4n) is 3.42. The van der Waals surface area contributed by atoms with Crippen molar-refractivity contribution in [3.05, 3.63) is 65.7 Å². The molecule has 3 rings (SSSR count). The predicted octanol–water partition coefficient (Wildman–Crippen LogP) is 4.02. The van der Waals surface area contributed by atoms with Crippen molar-refractivity contribution < 1.29 is 4.79 Å². The van der Waals surface area contributed by atoms with Crippen LogP contribution in [0.3, 0.4) is 0 Å². The molecule has 1 aliphatic rings. The molecular formula is C20H24N2O. The highest BCUT2D eigenvalue weighted by atomic mass is 16.2. The van der Waals surface area contributed by atoms with Crippen molar-refractivity contribution in [1.29, 1.82) is 0 Å². The molecule has 2 aromatic rings. The molecule has 2 aromatic carbocycles. The van der Waals surface area contributed by atoms with Crippen LogP contribution < -0.4 is 5.32 Å². The van der Waals surface area contributed by atoms with Crippen molar-refractivity contribution in [2.75, 3.05) is 11.9 Å². The molecule has 3 nitrogen and oxygen atoms in total. The molecule has 1 fully saturated rings. The van der Waals surface area contributed by atoms with E-state index in [4.69, 9.17) is 0 Å². The lowest BCUT2D eigenvalue weighted by molar-refractivity contribution is -0.126. The largest absolute Gasteiger partial charge is 0.325 e. The average molecular weight is 308 g/mol. The van der Waals surface area contributed by atoms with E-state index in [1.54, 1.807) is 0 Å². The van der Waals surface area contributed by atoms with Gasteiger partial charge in [-0.15, -0.1) is 0 Å². The van der Waals surface area contributed by atoms with Gasteiger partial charge in [-0.2, -0.15) is 0 Å².